The quantitative estimate of drug-likeness (QED) is 0.582. The van der Waals surface area contributed by atoms with Crippen molar-refractivity contribution < 1.29 is 18.7 Å². The lowest BCUT2D eigenvalue weighted by atomic mass is 9.95. The van der Waals surface area contributed by atoms with E-state index < -0.39 is 17.7 Å². The third-order valence-electron chi connectivity index (χ3n) is 2.46. The minimum Gasteiger partial charge on any atom is -0.463 e. The van der Waals surface area contributed by atoms with Crippen molar-refractivity contribution in [3.63, 3.8) is 0 Å². The SMILES string of the molecule is COC(=O)C(=O)C(C)c1ccc(F)c(C)c1. The normalized spacial score (nSPS) is 12.0. The van der Waals surface area contributed by atoms with Gasteiger partial charge >= 0.3 is 5.97 Å². The number of esters is 1. The molecule has 0 spiro atoms. The summed E-state index contributed by atoms with van der Waals surface area (Å²) in [5.74, 6) is -2.46. The number of carbonyl (C=O) groups excluding carboxylic acids is 2. The highest BCUT2D eigenvalue weighted by molar-refractivity contribution is 6.35. The van der Waals surface area contributed by atoms with E-state index in [0.29, 0.717) is 11.1 Å². The maximum Gasteiger partial charge on any atom is 0.374 e. The molecular formula is C12H13FO3. The molecule has 0 fully saturated rings. The van der Waals surface area contributed by atoms with Crippen LogP contribution in [0.4, 0.5) is 4.39 Å². The van der Waals surface area contributed by atoms with Crippen molar-refractivity contribution in [2.75, 3.05) is 7.11 Å². The van der Waals surface area contributed by atoms with Gasteiger partial charge in [-0.05, 0) is 24.1 Å². The molecule has 0 aliphatic carbocycles. The van der Waals surface area contributed by atoms with Crippen molar-refractivity contribution in [1.29, 1.82) is 0 Å². The highest BCUT2D eigenvalue weighted by Gasteiger charge is 2.23. The molecule has 0 aromatic heterocycles. The molecule has 0 aliphatic rings. The lowest BCUT2D eigenvalue weighted by molar-refractivity contribution is -0.152. The number of hydrogen-bond acceptors (Lipinski definition) is 3. The molecule has 0 saturated carbocycles. The van der Waals surface area contributed by atoms with Crippen molar-refractivity contribution in [1.82, 2.24) is 0 Å². The first-order valence-electron chi connectivity index (χ1n) is 4.85. The van der Waals surface area contributed by atoms with Gasteiger partial charge in [-0.3, -0.25) is 4.79 Å². The van der Waals surface area contributed by atoms with Crippen molar-refractivity contribution in [3.8, 4) is 0 Å². The van der Waals surface area contributed by atoms with Crippen LogP contribution in [0.15, 0.2) is 18.2 Å². The first kappa shape index (κ1) is 12.4. The fourth-order valence-corrected chi connectivity index (χ4v) is 1.37. The second-order valence-electron chi connectivity index (χ2n) is 3.59. The summed E-state index contributed by atoms with van der Waals surface area (Å²) in [6.45, 7) is 3.19. The van der Waals surface area contributed by atoms with E-state index >= 15 is 0 Å². The second kappa shape index (κ2) is 4.88. The van der Waals surface area contributed by atoms with Crippen molar-refractivity contribution in [2.24, 2.45) is 0 Å². The van der Waals surface area contributed by atoms with E-state index in [-0.39, 0.29) is 5.82 Å². The third kappa shape index (κ3) is 2.45. The Balaban J connectivity index is 2.96. The number of ether oxygens (including phenoxy) is 1. The van der Waals surface area contributed by atoms with Crippen LogP contribution in [0.3, 0.4) is 0 Å². The molecule has 0 radical (unpaired) electrons. The summed E-state index contributed by atoms with van der Waals surface area (Å²) in [5, 5.41) is 0. The molecule has 0 heterocycles. The van der Waals surface area contributed by atoms with Crippen molar-refractivity contribution in [3.05, 3.63) is 35.1 Å². The van der Waals surface area contributed by atoms with Gasteiger partial charge in [0.15, 0.2) is 0 Å². The molecule has 0 amide bonds. The largest absolute Gasteiger partial charge is 0.463 e. The molecule has 86 valence electrons. The molecule has 1 aromatic carbocycles. The van der Waals surface area contributed by atoms with Gasteiger partial charge in [0, 0.05) is 0 Å². The number of halogens is 1. The minimum atomic E-state index is -0.880. The maximum absolute atomic E-state index is 13.0. The van der Waals surface area contributed by atoms with E-state index in [1.165, 1.54) is 12.1 Å². The Morgan fingerprint density at radius 3 is 2.50 bits per heavy atom. The standard InChI is InChI=1S/C12H13FO3/c1-7-6-9(4-5-10(7)13)8(2)11(14)12(15)16-3/h4-6,8H,1-3H3. The van der Waals surface area contributed by atoms with E-state index in [1.807, 2.05) is 0 Å². The van der Waals surface area contributed by atoms with Gasteiger partial charge in [0.2, 0.25) is 5.78 Å². The van der Waals surface area contributed by atoms with Gasteiger partial charge < -0.3 is 4.74 Å². The van der Waals surface area contributed by atoms with Gasteiger partial charge in [-0.25, -0.2) is 9.18 Å². The van der Waals surface area contributed by atoms with Crippen molar-refractivity contribution >= 4 is 11.8 Å². The molecule has 0 bridgehead atoms. The Morgan fingerprint density at radius 1 is 1.38 bits per heavy atom. The molecule has 0 N–H and O–H groups in total. The summed E-state index contributed by atoms with van der Waals surface area (Å²) >= 11 is 0. The van der Waals surface area contributed by atoms with E-state index in [9.17, 15) is 14.0 Å². The summed E-state index contributed by atoms with van der Waals surface area (Å²) in [7, 11) is 1.16. The predicted octanol–water partition coefficient (Wildman–Crippen LogP) is 1.98. The van der Waals surface area contributed by atoms with E-state index in [4.69, 9.17) is 0 Å². The van der Waals surface area contributed by atoms with Gasteiger partial charge in [-0.2, -0.15) is 0 Å². The number of rotatable bonds is 3. The van der Waals surface area contributed by atoms with Crippen LogP contribution >= 0.6 is 0 Å². The number of ketones is 1. The number of aryl methyl sites for hydroxylation is 1. The highest BCUT2D eigenvalue weighted by Crippen LogP contribution is 2.19. The van der Waals surface area contributed by atoms with Crippen LogP contribution in [0.5, 0.6) is 0 Å². The van der Waals surface area contributed by atoms with Crippen LogP contribution in [0, 0.1) is 12.7 Å². The molecule has 1 aromatic rings. The Kier molecular flexibility index (Phi) is 3.77. The average Bonchev–Trinajstić information content (AvgIpc) is 2.29. The average molecular weight is 224 g/mol. The van der Waals surface area contributed by atoms with E-state index in [1.54, 1.807) is 19.9 Å². The van der Waals surface area contributed by atoms with Crippen LogP contribution < -0.4 is 0 Å². The van der Waals surface area contributed by atoms with Crippen LogP contribution in [-0.2, 0) is 14.3 Å². The summed E-state index contributed by atoms with van der Waals surface area (Å²) in [5.41, 5.74) is 1.05. The van der Waals surface area contributed by atoms with E-state index in [0.717, 1.165) is 7.11 Å². The zero-order valence-electron chi connectivity index (χ0n) is 9.41. The monoisotopic (exact) mass is 224 g/mol. The molecule has 1 rings (SSSR count). The smallest absolute Gasteiger partial charge is 0.374 e. The predicted molar refractivity (Wildman–Crippen MR) is 56.6 cm³/mol. The molecular weight excluding hydrogens is 211 g/mol. The first-order chi connectivity index (χ1) is 7.47. The molecule has 1 unspecified atom stereocenters. The molecule has 0 aliphatic heterocycles. The summed E-state index contributed by atoms with van der Waals surface area (Å²) in [6.07, 6.45) is 0. The fraction of sp³-hybridized carbons (Fsp3) is 0.333. The zero-order chi connectivity index (χ0) is 12.3. The van der Waals surface area contributed by atoms with Crippen LogP contribution in [0.25, 0.3) is 0 Å². The highest BCUT2D eigenvalue weighted by atomic mass is 19.1. The van der Waals surface area contributed by atoms with Crippen molar-refractivity contribution in [2.45, 2.75) is 19.8 Å². The number of methoxy groups -OCH3 is 1. The number of hydrogen-bond donors (Lipinski definition) is 0. The number of Topliss-reactive ketones (excluding diaryl/α,β-unsaturated/α-hetero) is 1. The Morgan fingerprint density at radius 2 is 2.00 bits per heavy atom. The van der Waals surface area contributed by atoms with Gasteiger partial charge in [-0.1, -0.05) is 19.1 Å². The van der Waals surface area contributed by atoms with Gasteiger partial charge in [0.25, 0.3) is 0 Å². The second-order valence-corrected chi connectivity index (χ2v) is 3.59. The van der Waals surface area contributed by atoms with Crippen LogP contribution in [0.1, 0.15) is 24.0 Å². The molecule has 4 heteroatoms. The van der Waals surface area contributed by atoms with E-state index in [2.05, 4.69) is 4.74 Å². The molecule has 16 heavy (non-hydrogen) atoms. The summed E-state index contributed by atoms with van der Waals surface area (Å²) in [6, 6.07) is 4.33. The maximum atomic E-state index is 13.0. The summed E-state index contributed by atoms with van der Waals surface area (Å²) in [4.78, 5) is 22.5. The Bertz CT molecular complexity index is 426. The van der Waals surface area contributed by atoms with Crippen LogP contribution in [0.2, 0.25) is 0 Å². The first-order valence-corrected chi connectivity index (χ1v) is 4.85. The molecule has 3 nitrogen and oxygen atoms in total. The fourth-order valence-electron chi connectivity index (χ4n) is 1.37. The molecule has 1 atom stereocenters. The van der Waals surface area contributed by atoms with Gasteiger partial charge in [0.05, 0.1) is 13.0 Å². The van der Waals surface area contributed by atoms with Gasteiger partial charge in [0.1, 0.15) is 5.82 Å². The Labute approximate surface area is 93.2 Å². The lowest BCUT2D eigenvalue weighted by Gasteiger charge is -2.10. The minimum absolute atomic E-state index is 0.332. The molecule has 0 saturated heterocycles. The third-order valence-corrected chi connectivity index (χ3v) is 2.46. The Hall–Kier alpha value is -1.71. The summed E-state index contributed by atoms with van der Waals surface area (Å²) < 4.78 is 17.4. The zero-order valence-corrected chi connectivity index (χ0v) is 9.41. The number of benzene rings is 1. The topological polar surface area (TPSA) is 43.4 Å². The number of carbonyl (C=O) groups is 2. The van der Waals surface area contributed by atoms with Gasteiger partial charge in [-0.15, -0.1) is 0 Å². The van der Waals surface area contributed by atoms with Crippen LogP contribution in [-0.4, -0.2) is 18.9 Å². The lowest BCUT2D eigenvalue weighted by Crippen LogP contribution is -2.21.